The highest BCUT2D eigenvalue weighted by molar-refractivity contribution is 6.04. The van der Waals surface area contributed by atoms with Gasteiger partial charge in [-0.05, 0) is 74.6 Å². The Kier molecular flexibility index (Phi) is 9.64. The van der Waals surface area contributed by atoms with Gasteiger partial charge in [0.05, 0.1) is 5.69 Å². The third-order valence-corrected chi connectivity index (χ3v) is 6.69. The number of nitrogens with one attached hydrogen (secondary N) is 2. The van der Waals surface area contributed by atoms with E-state index >= 15 is 0 Å². The van der Waals surface area contributed by atoms with Crippen LogP contribution in [0.5, 0.6) is 0 Å². The molecule has 0 saturated carbocycles. The smallest absolute Gasteiger partial charge is 0.255 e. The minimum absolute atomic E-state index is 0.101. The lowest BCUT2D eigenvalue weighted by molar-refractivity contribution is -0.140. The van der Waals surface area contributed by atoms with E-state index in [9.17, 15) is 9.59 Å². The van der Waals surface area contributed by atoms with Gasteiger partial charge in [-0.1, -0.05) is 39.0 Å². The van der Waals surface area contributed by atoms with Gasteiger partial charge in [0.15, 0.2) is 0 Å². The molecule has 2 aromatic heterocycles. The Balaban J connectivity index is 1.43. The van der Waals surface area contributed by atoms with Crippen molar-refractivity contribution < 1.29 is 9.59 Å². The molecule has 42 heavy (non-hydrogen) atoms. The summed E-state index contributed by atoms with van der Waals surface area (Å²) < 4.78 is 0. The van der Waals surface area contributed by atoms with Gasteiger partial charge in [0, 0.05) is 66.1 Å². The van der Waals surface area contributed by atoms with Crippen molar-refractivity contribution in [1.29, 1.82) is 0 Å². The van der Waals surface area contributed by atoms with Crippen LogP contribution >= 0.6 is 0 Å². The molecule has 0 aliphatic rings. The molecule has 2 N–H and O–H groups in total. The predicted octanol–water partition coefficient (Wildman–Crippen LogP) is 5.78. The van der Waals surface area contributed by atoms with Gasteiger partial charge in [0.1, 0.15) is 0 Å². The van der Waals surface area contributed by atoms with Crippen molar-refractivity contribution in [1.82, 2.24) is 24.8 Å². The highest BCUT2D eigenvalue weighted by Crippen LogP contribution is 2.25. The lowest BCUT2D eigenvalue weighted by Crippen LogP contribution is -2.42. The van der Waals surface area contributed by atoms with Gasteiger partial charge in [-0.25, -0.2) is 9.97 Å². The van der Waals surface area contributed by atoms with Crippen LogP contribution in [0.3, 0.4) is 0 Å². The molecule has 0 aliphatic carbocycles. The summed E-state index contributed by atoms with van der Waals surface area (Å²) in [5.74, 6) is 0.327. The summed E-state index contributed by atoms with van der Waals surface area (Å²) in [7, 11) is 3.99. The molecule has 9 nitrogen and oxygen atoms in total. The molecule has 0 atom stereocenters. The van der Waals surface area contributed by atoms with Crippen LogP contribution in [0.2, 0.25) is 0 Å². The van der Waals surface area contributed by atoms with E-state index in [-0.39, 0.29) is 11.8 Å². The molecular weight excluding hydrogens is 526 g/mol. The average molecular weight is 566 g/mol. The zero-order valence-electron chi connectivity index (χ0n) is 25.2. The molecule has 4 rings (SSSR count). The van der Waals surface area contributed by atoms with Gasteiger partial charge in [-0.15, -0.1) is 0 Å². The fraction of sp³-hybridized carbons (Fsp3) is 0.303. The number of benzene rings is 2. The number of pyridine rings is 1. The Morgan fingerprint density at radius 2 is 1.69 bits per heavy atom. The number of likely N-dealkylation sites (N-methyl/N-ethyl adjacent to an activating group) is 1. The summed E-state index contributed by atoms with van der Waals surface area (Å²) in [5.41, 5.74) is 5.10. The number of anilines is 3. The first-order chi connectivity index (χ1) is 20.0. The summed E-state index contributed by atoms with van der Waals surface area (Å²) in [6, 6.07) is 18.7. The number of aryl methyl sites for hydroxylation is 1. The first-order valence-electron chi connectivity index (χ1n) is 13.9. The number of hydrogen-bond donors (Lipinski definition) is 2. The topological polar surface area (TPSA) is 103 Å². The van der Waals surface area contributed by atoms with Crippen LogP contribution in [0.1, 0.15) is 42.3 Å². The second-order valence-electron chi connectivity index (χ2n) is 11.6. The van der Waals surface area contributed by atoms with Crippen LogP contribution in [0.25, 0.3) is 11.3 Å². The fourth-order valence-electron chi connectivity index (χ4n) is 4.28. The van der Waals surface area contributed by atoms with Crippen LogP contribution in [-0.2, 0) is 11.3 Å². The van der Waals surface area contributed by atoms with E-state index in [4.69, 9.17) is 0 Å². The van der Waals surface area contributed by atoms with Crippen LogP contribution in [-0.4, -0.2) is 63.8 Å². The number of rotatable bonds is 10. The quantitative estimate of drug-likeness (QED) is 0.251. The molecule has 0 saturated heterocycles. The van der Waals surface area contributed by atoms with Crippen LogP contribution in [0.15, 0.2) is 79.3 Å². The molecule has 0 spiro atoms. The molecule has 9 heteroatoms. The summed E-state index contributed by atoms with van der Waals surface area (Å²) in [4.78, 5) is 43.2. The predicted molar refractivity (Wildman–Crippen MR) is 168 cm³/mol. The minimum atomic E-state index is -0.470. The molecular formula is C33H39N7O2. The van der Waals surface area contributed by atoms with Crippen molar-refractivity contribution in [3.05, 3.63) is 95.9 Å². The summed E-state index contributed by atoms with van der Waals surface area (Å²) >= 11 is 0. The number of aromatic nitrogens is 3. The van der Waals surface area contributed by atoms with E-state index in [1.165, 1.54) is 0 Å². The molecule has 2 amide bonds. The minimum Gasteiger partial charge on any atom is -0.337 e. The molecule has 0 aliphatic heterocycles. The van der Waals surface area contributed by atoms with Gasteiger partial charge in [0.25, 0.3) is 5.91 Å². The highest BCUT2D eigenvalue weighted by Gasteiger charge is 2.27. The Bertz CT molecular complexity index is 1510. The second kappa shape index (κ2) is 13.4. The van der Waals surface area contributed by atoms with E-state index in [1.807, 2.05) is 95.2 Å². The van der Waals surface area contributed by atoms with Crippen molar-refractivity contribution in [2.75, 3.05) is 37.8 Å². The van der Waals surface area contributed by atoms with Gasteiger partial charge in [0.2, 0.25) is 11.9 Å². The summed E-state index contributed by atoms with van der Waals surface area (Å²) in [6.07, 6.45) is 5.17. The molecule has 0 fully saturated rings. The largest absolute Gasteiger partial charge is 0.337 e. The third kappa shape index (κ3) is 8.20. The molecule has 218 valence electrons. The first-order valence-corrected chi connectivity index (χ1v) is 13.9. The van der Waals surface area contributed by atoms with Crippen molar-refractivity contribution in [3.8, 4) is 11.3 Å². The number of hydrogen-bond acceptors (Lipinski definition) is 7. The molecule has 0 bridgehead atoms. The monoisotopic (exact) mass is 565 g/mol. The Hall–Kier alpha value is -4.63. The average Bonchev–Trinajstić information content (AvgIpc) is 2.97. The lowest BCUT2D eigenvalue weighted by Gasteiger charge is -2.30. The molecule has 4 aromatic rings. The van der Waals surface area contributed by atoms with E-state index < -0.39 is 5.41 Å². The summed E-state index contributed by atoms with van der Waals surface area (Å²) in [5, 5.41) is 6.25. The first kappa shape index (κ1) is 30.3. The standard InChI is InChI=1S/C33H39N7O2/c1-23-9-14-27(20-29(23)38-32-35-17-15-28(37-32)26-8-7-16-34-21-26)36-30(41)25-12-10-24(11-13-25)22-40(19-18-39(5)6)31(42)33(2,3)4/h7-17,20-21H,18-19,22H2,1-6H3,(H,36,41)(H,35,37,38). The fourth-order valence-corrected chi connectivity index (χ4v) is 4.28. The van der Waals surface area contributed by atoms with Crippen molar-refractivity contribution in [3.63, 3.8) is 0 Å². The molecule has 0 unspecified atom stereocenters. The molecule has 2 heterocycles. The van der Waals surface area contributed by atoms with E-state index in [1.54, 1.807) is 30.7 Å². The normalized spacial score (nSPS) is 11.3. The zero-order chi connectivity index (χ0) is 30.3. The van der Waals surface area contributed by atoms with E-state index in [0.717, 1.165) is 34.6 Å². The van der Waals surface area contributed by atoms with Crippen molar-refractivity contribution in [2.45, 2.75) is 34.2 Å². The van der Waals surface area contributed by atoms with Crippen LogP contribution in [0, 0.1) is 12.3 Å². The van der Waals surface area contributed by atoms with Crippen molar-refractivity contribution >= 4 is 29.1 Å². The Morgan fingerprint density at radius 1 is 0.929 bits per heavy atom. The summed E-state index contributed by atoms with van der Waals surface area (Å²) in [6.45, 7) is 9.68. The molecule has 2 aromatic carbocycles. The third-order valence-electron chi connectivity index (χ3n) is 6.69. The second-order valence-corrected chi connectivity index (χ2v) is 11.6. The Labute approximate surface area is 248 Å². The van der Waals surface area contributed by atoms with Crippen LogP contribution in [0.4, 0.5) is 17.3 Å². The molecule has 0 radical (unpaired) electrons. The van der Waals surface area contributed by atoms with Crippen LogP contribution < -0.4 is 10.6 Å². The maximum Gasteiger partial charge on any atom is 0.255 e. The Morgan fingerprint density at radius 3 is 2.36 bits per heavy atom. The van der Waals surface area contributed by atoms with Crippen molar-refractivity contribution in [2.24, 2.45) is 5.41 Å². The number of amides is 2. The van der Waals surface area contributed by atoms with Gasteiger partial charge < -0.3 is 20.4 Å². The number of carbonyl (C=O) groups is 2. The maximum atomic E-state index is 13.1. The lowest BCUT2D eigenvalue weighted by atomic mass is 9.94. The highest BCUT2D eigenvalue weighted by atomic mass is 16.2. The van der Waals surface area contributed by atoms with Gasteiger partial charge in [-0.2, -0.15) is 0 Å². The zero-order valence-corrected chi connectivity index (χ0v) is 25.2. The number of nitrogens with zero attached hydrogens (tertiary/aromatic N) is 5. The van der Waals surface area contributed by atoms with Gasteiger partial charge in [-0.3, -0.25) is 14.6 Å². The van der Waals surface area contributed by atoms with Gasteiger partial charge >= 0.3 is 0 Å². The maximum absolute atomic E-state index is 13.1. The SMILES string of the molecule is Cc1ccc(NC(=O)c2ccc(CN(CCN(C)C)C(=O)C(C)(C)C)cc2)cc1Nc1nccc(-c2cccnc2)n1. The van der Waals surface area contributed by atoms with E-state index in [0.29, 0.717) is 30.3 Å². The van der Waals surface area contributed by atoms with E-state index in [2.05, 4.69) is 30.5 Å². The number of carbonyl (C=O) groups excluding carboxylic acids is 2.